The van der Waals surface area contributed by atoms with Crippen molar-refractivity contribution in [1.82, 2.24) is 0 Å². The number of rotatable bonds is 4. The second-order valence-corrected chi connectivity index (χ2v) is 3.37. The summed E-state index contributed by atoms with van der Waals surface area (Å²) in [5.74, 6) is -1.10. The number of carbonyl (C=O) groups excluding carboxylic acids is 2. The highest BCUT2D eigenvalue weighted by Crippen LogP contribution is 2.21. The Bertz CT molecular complexity index is 413. The Hall–Kier alpha value is -1.88. The minimum absolute atomic E-state index is 0.204. The molecule has 1 aromatic rings. The first-order chi connectivity index (χ1) is 8.10. The SMILES string of the molecule is COC(=O)C[C@@H](O)c1ccccc1C(=O)OC. The molecule has 92 valence electrons. The lowest BCUT2D eigenvalue weighted by atomic mass is 10.0. The molecule has 0 aromatic heterocycles. The van der Waals surface area contributed by atoms with E-state index < -0.39 is 18.0 Å². The van der Waals surface area contributed by atoms with Crippen molar-refractivity contribution in [2.45, 2.75) is 12.5 Å². The van der Waals surface area contributed by atoms with Crippen LogP contribution < -0.4 is 0 Å². The summed E-state index contributed by atoms with van der Waals surface area (Å²) in [6.07, 6.45) is -1.29. The van der Waals surface area contributed by atoms with Crippen LogP contribution in [0.15, 0.2) is 24.3 Å². The molecule has 1 rings (SSSR count). The lowest BCUT2D eigenvalue weighted by molar-refractivity contribution is -0.142. The normalized spacial score (nSPS) is 11.7. The number of aliphatic hydroxyl groups excluding tert-OH is 1. The van der Waals surface area contributed by atoms with Gasteiger partial charge in [0.05, 0.1) is 32.3 Å². The summed E-state index contributed by atoms with van der Waals surface area (Å²) in [7, 11) is 2.49. The van der Waals surface area contributed by atoms with Crippen molar-refractivity contribution < 1.29 is 24.2 Å². The van der Waals surface area contributed by atoms with E-state index in [1.165, 1.54) is 20.3 Å². The highest BCUT2D eigenvalue weighted by atomic mass is 16.5. The molecule has 0 amide bonds. The highest BCUT2D eigenvalue weighted by Gasteiger charge is 2.20. The van der Waals surface area contributed by atoms with Crippen LogP contribution >= 0.6 is 0 Å². The monoisotopic (exact) mass is 238 g/mol. The molecule has 0 unspecified atom stereocenters. The van der Waals surface area contributed by atoms with Crippen molar-refractivity contribution in [3.63, 3.8) is 0 Å². The van der Waals surface area contributed by atoms with Gasteiger partial charge in [-0.05, 0) is 11.6 Å². The minimum atomic E-state index is -1.09. The van der Waals surface area contributed by atoms with Crippen LogP contribution in [-0.2, 0) is 14.3 Å². The standard InChI is InChI=1S/C12H14O5/c1-16-11(14)7-10(13)8-5-3-4-6-9(8)12(15)17-2/h3-6,10,13H,7H2,1-2H3/t10-/m1/s1. The Kier molecular flexibility index (Phi) is 4.66. The van der Waals surface area contributed by atoms with Gasteiger partial charge in [0.1, 0.15) is 0 Å². The van der Waals surface area contributed by atoms with Crippen molar-refractivity contribution in [2.24, 2.45) is 0 Å². The Morgan fingerprint density at radius 3 is 2.47 bits per heavy atom. The van der Waals surface area contributed by atoms with Gasteiger partial charge >= 0.3 is 11.9 Å². The molecule has 0 spiro atoms. The van der Waals surface area contributed by atoms with Gasteiger partial charge in [-0.1, -0.05) is 18.2 Å². The van der Waals surface area contributed by atoms with Crippen LogP contribution in [0.4, 0.5) is 0 Å². The van der Waals surface area contributed by atoms with Crippen LogP contribution in [0.2, 0.25) is 0 Å². The van der Waals surface area contributed by atoms with E-state index in [1.54, 1.807) is 18.2 Å². The van der Waals surface area contributed by atoms with E-state index in [1.807, 2.05) is 0 Å². The fourth-order valence-corrected chi connectivity index (χ4v) is 1.43. The molecule has 0 aliphatic heterocycles. The van der Waals surface area contributed by atoms with Crippen LogP contribution in [0, 0.1) is 0 Å². The van der Waals surface area contributed by atoms with Gasteiger partial charge in [-0.25, -0.2) is 4.79 Å². The average molecular weight is 238 g/mol. The molecule has 0 fully saturated rings. The highest BCUT2D eigenvalue weighted by molar-refractivity contribution is 5.91. The largest absolute Gasteiger partial charge is 0.469 e. The lowest BCUT2D eigenvalue weighted by Crippen LogP contribution is -2.13. The number of methoxy groups -OCH3 is 2. The first kappa shape index (κ1) is 13.2. The fraction of sp³-hybridized carbons (Fsp3) is 0.333. The fourth-order valence-electron chi connectivity index (χ4n) is 1.43. The molecule has 5 nitrogen and oxygen atoms in total. The van der Waals surface area contributed by atoms with Crippen LogP contribution in [0.3, 0.4) is 0 Å². The number of benzene rings is 1. The molecule has 1 atom stereocenters. The summed E-state index contributed by atoms with van der Waals surface area (Å²) in [6, 6.07) is 6.42. The van der Waals surface area contributed by atoms with Crippen molar-refractivity contribution in [3.8, 4) is 0 Å². The summed E-state index contributed by atoms with van der Waals surface area (Å²) < 4.78 is 9.05. The summed E-state index contributed by atoms with van der Waals surface area (Å²) in [4.78, 5) is 22.5. The first-order valence-electron chi connectivity index (χ1n) is 5.02. The number of carbonyl (C=O) groups is 2. The van der Waals surface area contributed by atoms with Gasteiger partial charge in [-0.2, -0.15) is 0 Å². The molecule has 0 bridgehead atoms. The number of ether oxygens (including phenoxy) is 2. The predicted octanol–water partition coefficient (Wildman–Crippen LogP) is 1.07. The van der Waals surface area contributed by atoms with E-state index in [4.69, 9.17) is 0 Å². The number of esters is 2. The van der Waals surface area contributed by atoms with Gasteiger partial charge < -0.3 is 14.6 Å². The maximum Gasteiger partial charge on any atom is 0.338 e. The smallest absolute Gasteiger partial charge is 0.338 e. The molecule has 5 heteroatoms. The zero-order chi connectivity index (χ0) is 12.8. The molecular weight excluding hydrogens is 224 g/mol. The van der Waals surface area contributed by atoms with Gasteiger partial charge in [0, 0.05) is 0 Å². The Balaban J connectivity index is 2.96. The van der Waals surface area contributed by atoms with E-state index in [0.717, 1.165) is 0 Å². The third kappa shape index (κ3) is 3.29. The summed E-state index contributed by atoms with van der Waals surface area (Å²) in [6.45, 7) is 0. The van der Waals surface area contributed by atoms with Crippen molar-refractivity contribution >= 4 is 11.9 Å². The lowest BCUT2D eigenvalue weighted by Gasteiger charge is -2.13. The van der Waals surface area contributed by atoms with Gasteiger partial charge in [0.15, 0.2) is 0 Å². The van der Waals surface area contributed by atoms with E-state index in [0.29, 0.717) is 5.56 Å². The van der Waals surface area contributed by atoms with E-state index >= 15 is 0 Å². The van der Waals surface area contributed by atoms with Crippen LogP contribution in [0.1, 0.15) is 28.4 Å². The van der Waals surface area contributed by atoms with E-state index in [-0.39, 0.29) is 12.0 Å². The Labute approximate surface area is 99.0 Å². The van der Waals surface area contributed by atoms with Gasteiger partial charge in [-0.3, -0.25) is 4.79 Å². The average Bonchev–Trinajstić information content (AvgIpc) is 2.37. The quantitative estimate of drug-likeness (QED) is 0.794. The van der Waals surface area contributed by atoms with Gasteiger partial charge in [-0.15, -0.1) is 0 Å². The maximum absolute atomic E-state index is 11.4. The molecule has 0 radical (unpaired) electrons. The van der Waals surface area contributed by atoms with Crippen LogP contribution in [0.5, 0.6) is 0 Å². The predicted molar refractivity (Wildman–Crippen MR) is 59.4 cm³/mol. The summed E-state index contributed by atoms with van der Waals surface area (Å²) in [5, 5.41) is 9.84. The zero-order valence-electron chi connectivity index (χ0n) is 9.67. The third-order valence-corrected chi connectivity index (χ3v) is 2.31. The molecule has 0 heterocycles. The molecule has 0 saturated carbocycles. The number of hydrogen-bond donors (Lipinski definition) is 1. The topological polar surface area (TPSA) is 72.8 Å². The third-order valence-electron chi connectivity index (χ3n) is 2.31. The van der Waals surface area contributed by atoms with Crippen LogP contribution in [-0.4, -0.2) is 31.3 Å². The summed E-state index contributed by atoms with van der Waals surface area (Å²) in [5.41, 5.74) is 0.594. The van der Waals surface area contributed by atoms with E-state index in [2.05, 4.69) is 9.47 Å². The van der Waals surface area contributed by atoms with Crippen molar-refractivity contribution in [3.05, 3.63) is 35.4 Å². The molecule has 17 heavy (non-hydrogen) atoms. The molecule has 0 aliphatic rings. The van der Waals surface area contributed by atoms with Gasteiger partial charge in [0.25, 0.3) is 0 Å². The molecule has 0 saturated heterocycles. The Morgan fingerprint density at radius 2 is 1.88 bits per heavy atom. The minimum Gasteiger partial charge on any atom is -0.469 e. The number of hydrogen-bond acceptors (Lipinski definition) is 5. The summed E-state index contributed by atoms with van der Waals surface area (Å²) >= 11 is 0. The van der Waals surface area contributed by atoms with E-state index in [9.17, 15) is 14.7 Å². The first-order valence-corrected chi connectivity index (χ1v) is 5.02. The van der Waals surface area contributed by atoms with Crippen LogP contribution in [0.25, 0.3) is 0 Å². The maximum atomic E-state index is 11.4. The molecule has 1 N–H and O–H groups in total. The van der Waals surface area contributed by atoms with Crippen molar-refractivity contribution in [2.75, 3.05) is 14.2 Å². The second kappa shape index (κ2) is 6.00. The second-order valence-electron chi connectivity index (χ2n) is 3.37. The molecular formula is C12H14O5. The Morgan fingerprint density at radius 1 is 1.24 bits per heavy atom. The van der Waals surface area contributed by atoms with Gasteiger partial charge in [0.2, 0.25) is 0 Å². The zero-order valence-corrected chi connectivity index (χ0v) is 9.67. The molecule has 0 aliphatic carbocycles. The molecule has 1 aromatic carbocycles. The van der Waals surface area contributed by atoms with Crippen molar-refractivity contribution in [1.29, 1.82) is 0 Å². The number of aliphatic hydroxyl groups is 1.